The Morgan fingerprint density at radius 1 is 1.15 bits per heavy atom. The molecule has 0 aliphatic heterocycles. The third kappa shape index (κ3) is 3.30. The van der Waals surface area contributed by atoms with Crippen LogP contribution in [0.5, 0.6) is 0 Å². The summed E-state index contributed by atoms with van der Waals surface area (Å²) in [5.74, 6) is 0.782. The third-order valence-corrected chi connectivity index (χ3v) is 3.45. The van der Waals surface area contributed by atoms with Crippen molar-refractivity contribution in [1.82, 2.24) is 4.90 Å². The second kappa shape index (κ2) is 4.99. The van der Waals surface area contributed by atoms with E-state index in [4.69, 9.17) is 0 Å². The molecule has 13 heavy (non-hydrogen) atoms. The molecule has 0 N–H and O–H groups in total. The van der Waals surface area contributed by atoms with Crippen molar-refractivity contribution < 1.29 is 0 Å². The molecular weight excluding hydrogens is 158 g/mol. The van der Waals surface area contributed by atoms with Crippen molar-refractivity contribution >= 4 is 0 Å². The monoisotopic (exact) mass is 185 g/mol. The van der Waals surface area contributed by atoms with E-state index in [1.54, 1.807) is 0 Å². The van der Waals surface area contributed by atoms with Gasteiger partial charge in [-0.25, -0.2) is 0 Å². The highest BCUT2D eigenvalue weighted by atomic mass is 15.1. The lowest BCUT2D eigenvalue weighted by Crippen LogP contribution is -2.45. The summed E-state index contributed by atoms with van der Waals surface area (Å²) < 4.78 is 0. The zero-order chi connectivity index (χ0) is 10.6. The van der Waals surface area contributed by atoms with Crippen molar-refractivity contribution in [2.75, 3.05) is 14.1 Å². The Balaban J connectivity index is 4.60. The normalized spacial score (nSPS) is 17.5. The summed E-state index contributed by atoms with van der Waals surface area (Å²) in [5.41, 5.74) is 0.429. The summed E-state index contributed by atoms with van der Waals surface area (Å²) in [6.07, 6.45) is 2.52. The summed E-state index contributed by atoms with van der Waals surface area (Å²) in [5, 5.41) is 0. The molecule has 0 aromatic rings. The minimum absolute atomic E-state index is 0.429. The molecule has 0 aromatic carbocycles. The van der Waals surface area contributed by atoms with Gasteiger partial charge in [-0.1, -0.05) is 41.0 Å². The quantitative estimate of drug-likeness (QED) is 0.634. The summed E-state index contributed by atoms with van der Waals surface area (Å²) in [7, 11) is 4.41. The number of nitrogens with zero attached hydrogens (tertiary/aromatic N) is 1. The van der Waals surface area contributed by atoms with Crippen LogP contribution in [0.15, 0.2) is 0 Å². The van der Waals surface area contributed by atoms with E-state index >= 15 is 0 Å². The highest BCUT2D eigenvalue weighted by molar-refractivity contribution is 4.86. The van der Waals surface area contributed by atoms with E-state index in [1.165, 1.54) is 12.8 Å². The standard InChI is InChI=1S/C12H27N/c1-8-10(3)11(13(6)7)12(4,5)9-2/h10-11H,8-9H2,1-7H3/t10?,11-/m0/s1. The van der Waals surface area contributed by atoms with Crippen LogP contribution in [0.25, 0.3) is 0 Å². The molecule has 0 spiro atoms. The maximum absolute atomic E-state index is 2.39. The van der Waals surface area contributed by atoms with Crippen LogP contribution < -0.4 is 0 Å². The van der Waals surface area contributed by atoms with Gasteiger partial charge in [0.05, 0.1) is 0 Å². The van der Waals surface area contributed by atoms with E-state index in [-0.39, 0.29) is 0 Å². The molecule has 2 atom stereocenters. The lowest BCUT2D eigenvalue weighted by atomic mass is 9.74. The van der Waals surface area contributed by atoms with Crippen molar-refractivity contribution in [1.29, 1.82) is 0 Å². The molecule has 0 rings (SSSR count). The van der Waals surface area contributed by atoms with Crippen LogP contribution >= 0.6 is 0 Å². The SMILES string of the molecule is CCC(C)[C@H](N(C)C)C(C)(C)CC. The lowest BCUT2D eigenvalue weighted by molar-refractivity contribution is 0.0809. The van der Waals surface area contributed by atoms with Crippen LogP contribution in [-0.2, 0) is 0 Å². The average Bonchev–Trinajstić information content (AvgIpc) is 2.03. The molecule has 0 aliphatic carbocycles. The maximum atomic E-state index is 2.39. The largest absolute Gasteiger partial charge is 0.306 e. The van der Waals surface area contributed by atoms with Gasteiger partial charge in [-0.2, -0.15) is 0 Å². The second-order valence-corrected chi connectivity index (χ2v) is 5.14. The average molecular weight is 185 g/mol. The van der Waals surface area contributed by atoms with Crippen molar-refractivity contribution in [2.45, 2.75) is 53.5 Å². The predicted molar refractivity (Wildman–Crippen MR) is 61.0 cm³/mol. The van der Waals surface area contributed by atoms with Gasteiger partial charge < -0.3 is 4.90 Å². The van der Waals surface area contributed by atoms with Crippen molar-refractivity contribution in [3.63, 3.8) is 0 Å². The fraction of sp³-hybridized carbons (Fsp3) is 1.00. The Morgan fingerprint density at radius 2 is 1.62 bits per heavy atom. The summed E-state index contributed by atoms with van der Waals surface area (Å²) in [4.78, 5) is 2.39. The molecular formula is C12H27N. The number of hydrogen-bond acceptors (Lipinski definition) is 1. The Bertz CT molecular complexity index is 138. The van der Waals surface area contributed by atoms with E-state index in [1.807, 2.05) is 0 Å². The molecule has 0 fully saturated rings. The number of rotatable bonds is 5. The van der Waals surface area contributed by atoms with Crippen molar-refractivity contribution in [2.24, 2.45) is 11.3 Å². The zero-order valence-corrected chi connectivity index (χ0v) is 10.5. The summed E-state index contributed by atoms with van der Waals surface area (Å²) in [6.45, 7) is 11.7. The predicted octanol–water partition coefficient (Wildman–Crippen LogP) is 3.40. The van der Waals surface area contributed by atoms with Gasteiger partial charge in [0, 0.05) is 6.04 Å². The fourth-order valence-corrected chi connectivity index (χ4v) is 2.41. The van der Waals surface area contributed by atoms with Crippen LogP contribution in [0.3, 0.4) is 0 Å². The molecule has 0 saturated carbocycles. The number of hydrogen-bond donors (Lipinski definition) is 0. The van der Waals surface area contributed by atoms with Gasteiger partial charge in [-0.05, 0) is 31.8 Å². The molecule has 0 heterocycles. The van der Waals surface area contributed by atoms with Crippen LogP contribution in [0, 0.1) is 11.3 Å². The molecule has 80 valence electrons. The lowest BCUT2D eigenvalue weighted by Gasteiger charge is -2.42. The molecule has 0 saturated heterocycles. The maximum Gasteiger partial charge on any atom is 0.0166 e. The highest BCUT2D eigenvalue weighted by Crippen LogP contribution is 2.33. The third-order valence-electron chi connectivity index (χ3n) is 3.45. The fourth-order valence-electron chi connectivity index (χ4n) is 2.41. The molecule has 0 radical (unpaired) electrons. The van der Waals surface area contributed by atoms with Gasteiger partial charge in [0.1, 0.15) is 0 Å². The van der Waals surface area contributed by atoms with Gasteiger partial charge in [-0.15, -0.1) is 0 Å². The van der Waals surface area contributed by atoms with Crippen LogP contribution in [0.2, 0.25) is 0 Å². The minimum Gasteiger partial charge on any atom is -0.306 e. The first-order valence-electron chi connectivity index (χ1n) is 5.53. The smallest absolute Gasteiger partial charge is 0.0166 e. The van der Waals surface area contributed by atoms with Crippen molar-refractivity contribution in [3.05, 3.63) is 0 Å². The van der Waals surface area contributed by atoms with E-state index in [9.17, 15) is 0 Å². The molecule has 0 bridgehead atoms. The van der Waals surface area contributed by atoms with Crippen LogP contribution in [-0.4, -0.2) is 25.0 Å². The Labute approximate surface area is 84.5 Å². The molecule has 0 aliphatic rings. The van der Waals surface area contributed by atoms with Crippen LogP contribution in [0.4, 0.5) is 0 Å². The van der Waals surface area contributed by atoms with E-state index in [0.717, 1.165) is 5.92 Å². The molecule has 1 unspecified atom stereocenters. The first-order chi connectivity index (χ1) is 5.86. The van der Waals surface area contributed by atoms with Gasteiger partial charge in [0.15, 0.2) is 0 Å². The Hall–Kier alpha value is -0.0400. The van der Waals surface area contributed by atoms with E-state index < -0.39 is 0 Å². The van der Waals surface area contributed by atoms with E-state index in [2.05, 4.69) is 53.6 Å². The molecule has 1 nitrogen and oxygen atoms in total. The zero-order valence-electron chi connectivity index (χ0n) is 10.5. The molecule has 0 aromatic heterocycles. The summed E-state index contributed by atoms with van der Waals surface area (Å²) >= 11 is 0. The van der Waals surface area contributed by atoms with Crippen molar-refractivity contribution in [3.8, 4) is 0 Å². The Kier molecular flexibility index (Phi) is 4.98. The second-order valence-electron chi connectivity index (χ2n) is 5.14. The highest BCUT2D eigenvalue weighted by Gasteiger charge is 2.32. The Morgan fingerprint density at radius 3 is 1.85 bits per heavy atom. The first-order valence-corrected chi connectivity index (χ1v) is 5.53. The van der Waals surface area contributed by atoms with Gasteiger partial charge in [0.25, 0.3) is 0 Å². The van der Waals surface area contributed by atoms with Crippen LogP contribution in [0.1, 0.15) is 47.5 Å². The topological polar surface area (TPSA) is 3.24 Å². The summed E-state index contributed by atoms with van der Waals surface area (Å²) in [6, 6.07) is 0.697. The molecule has 1 heteroatoms. The minimum atomic E-state index is 0.429. The van der Waals surface area contributed by atoms with Gasteiger partial charge >= 0.3 is 0 Å². The van der Waals surface area contributed by atoms with E-state index in [0.29, 0.717) is 11.5 Å². The van der Waals surface area contributed by atoms with Gasteiger partial charge in [0.2, 0.25) is 0 Å². The first kappa shape index (κ1) is 13.0. The van der Waals surface area contributed by atoms with Gasteiger partial charge in [-0.3, -0.25) is 0 Å². The molecule has 0 amide bonds.